The molecule has 10 nitrogen and oxygen atoms in total. The van der Waals surface area contributed by atoms with Crippen LogP contribution in [-0.2, 0) is 38.9 Å². The van der Waals surface area contributed by atoms with E-state index in [9.17, 15) is 32.7 Å². The van der Waals surface area contributed by atoms with Gasteiger partial charge < -0.3 is 10.0 Å². The van der Waals surface area contributed by atoms with Crippen LogP contribution >= 0.6 is 0 Å². The quantitative estimate of drug-likeness (QED) is 0.316. The third-order valence-corrected chi connectivity index (χ3v) is 10.3. The normalized spacial score (nSPS) is 21.2. The summed E-state index contributed by atoms with van der Waals surface area (Å²) in [6.45, 7) is 0.360. The van der Waals surface area contributed by atoms with E-state index in [-0.39, 0.29) is 42.0 Å². The number of hydrogen-bond acceptors (Lipinski definition) is 6. The summed E-state index contributed by atoms with van der Waals surface area (Å²) in [5, 5.41) is 9.31. The van der Waals surface area contributed by atoms with Crippen molar-refractivity contribution >= 4 is 33.7 Å². The number of sulfonamides is 1. The standard InChI is InChI=1S/C33H33N3O7S/c37-30(38)19-24-17-26(35(31(24)39)14-6-9-21-7-2-1-3-8-21)20-34-44(42,43)27-13-12-22-15-25(16-23(22)18-27)36-32(40)28-10-4-5-11-29(28)33(36)41/h1-5,7-8,10-13,18,24-26,34H,6,9,14-17,19-20H2,(H,37,38). The van der Waals surface area contributed by atoms with Crippen molar-refractivity contribution in [1.29, 1.82) is 0 Å². The number of hydrogen-bond donors (Lipinski definition) is 2. The molecule has 0 radical (unpaired) electrons. The lowest BCUT2D eigenvalue weighted by Crippen LogP contribution is -2.42. The second-order valence-electron chi connectivity index (χ2n) is 11.7. The van der Waals surface area contributed by atoms with Crippen LogP contribution in [0.3, 0.4) is 0 Å². The molecule has 3 amide bonds. The molecule has 0 bridgehead atoms. The number of carbonyl (C=O) groups excluding carboxylic acids is 3. The van der Waals surface area contributed by atoms with Gasteiger partial charge in [0.05, 0.1) is 28.4 Å². The Kier molecular flexibility index (Phi) is 8.08. The highest BCUT2D eigenvalue weighted by Gasteiger charge is 2.43. The maximum Gasteiger partial charge on any atom is 0.304 e. The van der Waals surface area contributed by atoms with Crippen LogP contribution < -0.4 is 4.72 Å². The molecule has 0 aromatic heterocycles. The Morgan fingerprint density at radius 1 is 0.886 bits per heavy atom. The van der Waals surface area contributed by atoms with E-state index in [2.05, 4.69) is 4.72 Å². The van der Waals surface area contributed by atoms with Crippen molar-refractivity contribution in [3.8, 4) is 0 Å². The molecule has 3 aromatic carbocycles. The number of carbonyl (C=O) groups is 4. The highest BCUT2D eigenvalue weighted by Crippen LogP contribution is 2.33. The Hall–Kier alpha value is -4.35. The zero-order valence-electron chi connectivity index (χ0n) is 24.0. The first-order valence-corrected chi connectivity index (χ1v) is 16.3. The molecule has 0 spiro atoms. The van der Waals surface area contributed by atoms with Crippen molar-refractivity contribution in [2.24, 2.45) is 5.92 Å². The van der Waals surface area contributed by atoms with Crippen LogP contribution in [0.4, 0.5) is 0 Å². The molecule has 1 aliphatic carbocycles. The molecule has 2 N–H and O–H groups in total. The predicted molar refractivity (Wildman–Crippen MR) is 160 cm³/mol. The number of carboxylic acids is 1. The molecule has 0 saturated carbocycles. The maximum atomic E-state index is 13.4. The Bertz CT molecular complexity index is 1710. The van der Waals surface area contributed by atoms with Crippen LogP contribution in [0.2, 0.25) is 0 Å². The number of fused-ring (bicyclic) bond motifs is 2. The Morgan fingerprint density at radius 3 is 2.23 bits per heavy atom. The first kappa shape index (κ1) is 29.7. The lowest BCUT2D eigenvalue weighted by molar-refractivity contribution is -0.142. The largest absolute Gasteiger partial charge is 0.481 e. The molecular weight excluding hydrogens is 582 g/mol. The van der Waals surface area contributed by atoms with Gasteiger partial charge in [-0.2, -0.15) is 0 Å². The molecule has 2 heterocycles. The number of aryl methyl sites for hydroxylation is 1. The van der Waals surface area contributed by atoms with Gasteiger partial charge in [0, 0.05) is 25.2 Å². The molecule has 1 saturated heterocycles. The van der Waals surface area contributed by atoms with E-state index in [0.717, 1.165) is 23.1 Å². The summed E-state index contributed by atoms with van der Waals surface area (Å²) in [5.74, 6) is -2.69. The molecule has 1 fully saturated rings. The average Bonchev–Trinajstić information content (AvgIpc) is 3.64. The topological polar surface area (TPSA) is 141 Å². The summed E-state index contributed by atoms with van der Waals surface area (Å²) >= 11 is 0. The van der Waals surface area contributed by atoms with E-state index in [4.69, 9.17) is 0 Å². The summed E-state index contributed by atoms with van der Waals surface area (Å²) in [7, 11) is -3.97. The van der Waals surface area contributed by atoms with Crippen LogP contribution in [0.1, 0.15) is 56.7 Å². The Labute approximate surface area is 255 Å². The molecule has 3 unspecified atom stereocenters. The molecule has 44 heavy (non-hydrogen) atoms. The number of nitrogens with zero attached hydrogens (tertiary/aromatic N) is 2. The number of benzene rings is 3. The van der Waals surface area contributed by atoms with Gasteiger partial charge in [0.15, 0.2) is 0 Å². The van der Waals surface area contributed by atoms with Gasteiger partial charge in [-0.05, 0) is 73.1 Å². The number of imide groups is 1. The number of amides is 3. The van der Waals surface area contributed by atoms with Gasteiger partial charge in [0.25, 0.3) is 11.8 Å². The highest BCUT2D eigenvalue weighted by molar-refractivity contribution is 7.89. The third-order valence-electron chi connectivity index (χ3n) is 8.86. The third kappa shape index (κ3) is 5.77. The minimum atomic E-state index is -3.97. The first-order valence-electron chi connectivity index (χ1n) is 14.8. The number of nitrogens with one attached hydrogen (secondary N) is 1. The summed E-state index contributed by atoms with van der Waals surface area (Å²) in [4.78, 5) is 53.4. The minimum Gasteiger partial charge on any atom is -0.481 e. The number of carboxylic acid groups (broad SMARTS) is 1. The molecular formula is C33H33N3O7S. The molecule has 11 heteroatoms. The van der Waals surface area contributed by atoms with Gasteiger partial charge in [-0.15, -0.1) is 0 Å². The SMILES string of the molecule is O=C(O)CC1CC(CNS(=O)(=O)c2ccc3c(c2)CC(N2C(=O)c4ccccc4C2=O)C3)N(CCCc2ccccc2)C1=O. The Morgan fingerprint density at radius 2 is 1.55 bits per heavy atom. The van der Waals surface area contributed by atoms with Crippen molar-refractivity contribution in [2.75, 3.05) is 13.1 Å². The van der Waals surface area contributed by atoms with E-state index in [1.165, 1.54) is 11.0 Å². The first-order chi connectivity index (χ1) is 21.1. The zero-order chi connectivity index (χ0) is 31.0. The predicted octanol–water partition coefficient (Wildman–Crippen LogP) is 3.05. The van der Waals surface area contributed by atoms with Gasteiger partial charge in [0.1, 0.15) is 0 Å². The molecule has 6 rings (SSSR count). The monoisotopic (exact) mass is 615 g/mol. The van der Waals surface area contributed by atoms with Gasteiger partial charge in [-0.1, -0.05) is 48.5 Å². The highest BCUT2D eigenvalue weighted by atomic mass is 32.2. The van der Waals surface area contributed by atoms with Crippen LogP contribution in [0.5, 0.6) is 0 Å². The second kappa shape index (κ2) is 12.0. The van der Waals surface area contributed by atoms with Crippen molar-refractivity contribution < 1.29 is 32.7 Å². The lowest BCUT2D eigenvalue weighted by Gasteiger charge is -2.25. The smallest absolute Gasteiger partial charge is 0.304 e. The van der Waals surface area contributed by atoms with Crippen LogP contribution in [-0.4, -0.2) is 72.2 Å². The summed E-state index contributed by atoms with van der Waals surface area (Å²) in [5.41, 5.74) is 3.53. The average molecular weight is 616 g/mol. The van der Waals surface area contributed by atoms with Gasteiger partial charge in [-0.3, -0.25) is 24.1 Å². The van der Waals surface area contributed by atoms with Crippen molar-refractivity contribution in [1.82, 2.24) is 14.5 Å². The lowest BCUT2D eigenvalue weighted by atomic mass is 10.0. The molecule has 3 aromatic rings. The van der Waals surface area contributed by atoms with Gasteiger partial charge in [0.2, 0.25) is 15.9 Å². The fourth-order valence-corrected chi connectivity index (χ4v) is 7.81. The second-order valence-corrected chi connectivity index (χ2v) is 13.4. The summed E-state index contributed by atoms with van der Waals surface area (Å²) in [6, 6.07) is 20.5. The molecule has 3 aliphatic rings. The van der Waals surface area contributed by atoms with Crippen LogP contribution in [0.25, 0.3) is 0 Å². The van der Waals surface area contributed by atoms with Crippen molar-refractivity contribution in [3.05, 3.63) is 101 Å². The van der Waals surface area contributed by atoms with E-state index >= 15 is 0 Å². The number of likely N-dealkylation sites (tertiary alicyclic amines) is 1. The van der Waals surface area contributed by atoms with E-state index in [0.29, 0.717) is 36.9 Å². The molecule has 2 aliphatic heterocycles. The van der Waals surface area contributed by atoms with Gasteiger partial charge in [-0.25, -0.2) is 13.1 Å². The molecule has 228 valence electrons. The number of rotatable bonds is 11. The minimum absolute atomic E-state index is 0.0374. The summed E-state index contributed by atoms with van der Waals surface area (Å²) in [6.07, 6.45) is 2.16. The van der Waals surface area contributed by atoms with E-state index in [1.54, 1.807) is 41.3 Å². The number of aliphatic carboxylic acids is 1. The van der Waals surface area contributed by atoms with Crippen molar-refractivity contribution in [2.45, 2.75) is 55.5 Å². The maximum absolute atomic E-state index is 13.4. The molecule has 3 atom stereocenters. The zero-order valence-corrected chi connectivity index (χ0v) is 24.8. The van der Waals surface area contributed by atoms with Crippen LogP contribution in [0.15, 0.2) is 77.7 Å². The van der Waals surface area contributed by atoms with E-state index < -0.39 is 34.0 Å². The van der Waals surface area contributed by atoms with E-state index in [1.807, 2.05) is 30.3 Å². The van der Waals surface area contributed by atoms with Gasteiger partial charge >= 0.3 is 5.97 Å². The fourth-order valence-electron chi connectivity index (χ4n) is 6.69. The fraction of sp³-hybridized carbons (Fsp3) is 0.333. The van der Waals surface area contributed by atoms with Crippen LogP contribution in [0, 0.1) is 5.92 Å². The Balaban J connectivity index is 1.12. The van der Waals surface area contributed by atoms with Crippen molar-refractivity contribution in [3.63, 3.8) is 0 Å². The summed E-state index contributed by atoms with van der Waals surface area (Å²) < 4.78 is 29.4.